The molecule has 1 aromatic carbocycles. The lowest BCUT2D eigenvalue weighted by Gasteiger charge is -2.31. The number of H-pyrrole nitrogens is 1. The predicted molar refractivity (Wildman–Crippen MR) is 219 cm³/mol. The van der Waals surface area contributed by atoms with Crippen molar-refractivity contribution in [2.45, 2.75) is 127 Å². The number of aliphatic carboxylic acids is 1. The third kappa shape index (κ3) is 15.7. The molecule has 1 aromatic heterocycles. The van der Waals surface area contributed by atoms with Crippen LogP contribution in [0, 0.1) is 5.92 Å². The molecule has 20 nitrogen and oxygen atoms in total. The Labute approximate surface area is 349 Å². The molecule has 0 aliphatic carbocycles. The van der Waals surface area contributed by atoms with Gasteiger partial charge in [0.05, 0.1) is 12.4 Å². The molecule has 13 N–H and O–H groups in total. The van der Waals surface area contributed by atoms with Crippen LogP contribution in [0.5, 0.6) is 0 Å². The number of carbonyl (C=O) groups is 8. The lowest BCUT2D eigenvalue weighted by atomic mass is 10.0. The lowest BCUT2D eigenvalue weighted by molar-refractivity contribution is -0.145. The molecule has 2 aromatic rings. The quantitative estimate of drug-likeness (QED) is 0.0510. The molecular weight excluding hydrogens is 779 g/mol. The molecular formula is C40H61N11O9. The fourth-order valence-corrected chi connectivity index (χ4v) is 6.79. The number of hydrogen-bond acceptors (Lipinski definition) is 11. The van der Waals surface area contributed by atoms with Gasteiger partial charge in [0.25, 0.3) is 0 Å². The van der Waals surface area contributed by atoms with Crippen LogP contribution in [0.1, 0.15) is 83.4 Å². The Bertz CT molecular complexity index is 1760. The number of imidazole rings is 1. The molecule has 1 fully saturated rings. The smallest absolute Gasteiger partial charge is 0.326 e. The second kappa shape index (κ2) is 24.3. The van der Waals surface area contributed by atoms with E-state index in [1.807, 2.05) is 13.8 Å². The molecule has 1 saturated heterocycles. The summed E-state index contributed by atoms with van der Waals surface area (Å²) in [6, 6.07) is 0.613. The number of likely N-dealkylation sites (tertiary alicyclic amines) is 1. The molecule has 20 heteroatoms. The summed E-state index contributed by atoms with van der Waals surface area (Å²) in [4.78, 5) is 114. The largest absolute Gasteiger partial charge is 0.480 e. The van der Waals surface area contributed by atoms with Crippen molar-refractivity contribution in [1.82, 2.24) is 41.5 Å². The van der Waals surface area contributed by atoms with E-state index in [0.29, 0.717) is 43.5 Å². The highest BCUT2D eigenvalue weighted by molar-refractivity contribution is 5.97. The van der Waals surface area contributed by atoms with Gasteiger partial charge in [-0.25, -0.2) is 9.78 Å². The maximum atomic E-state index is 14.2. The molecule has 60 heavy (non-hydrogen) atoms. The first-order valence-electron chi connectivity index (χ1n) is 20.3. The summed E-state index contributed by atoms with van der Waals surface area (Å²) < 4.78 is 0. The zero-order valence-corrected chi connectivity index (χ0v) is 34.5. The second-order valence-electron chi connectivity index (χ2n) is 15.5. The van der Waals surface area contributed by atoms with Crippen molar-refractivity contribution >= 4 is 47.3 Å². The molecule has 0 spiro atoms. The summed E-state index contributed by atoms with van der Waals surface area (Å²) in [7, 11) is 0. The molecule has 7 atom stereocenters. The lowest BCUT2D eigenvalue weighted by Crippen LogP contribution is -2.60. The number of benzene rings is 1. The molecule has 0 radical (unpaired) electrons. The average Bonchev–Trinajstić information content (AvgIpc) is 3.91. The summed E-state index contributed by atoms with van der Waals surface area (Å²) in [5, 5.41) is 22.9. The Balaban J connectivity index is 1.80. The first kappa shape index (κ1) is 48.5. The van der Waals surface area contributed by atoms with Crippen LogP contribution in [0.15, 0.2) is 42.9 Å². The standard InChI is InChI=1S/C40H61N11O9/c1-23(2)18-27(42)35(54)46-24(3)34(53)49-30(20-26-21-44-22-45-26)37(56)47-28(14-15-33(43)52)36(55)48-29(12-7-8-16-41)39(58)51-17-9-13-32(51)38(57)50-31(40(59)60)19-25-10-5-4-6-11-25/h4-6,10-11,21-24,27-32H,7-9,12-20,41-42H2,1-3H3,(H2,43,52)(H,44,45)(H,46,54)(H,47,56)(H,48,55)(H,49,53)(H,50,57)(H,59,60)/t24-,27-,28-,29-,30-,31-,32-/m0/s1. The SMILES string of the molecule is CC(C)C[C@H](N)C(=O)N[C@@H](C)C(=O)N[C@@H](Cc1cnc[nH]1)C(=O)N[C@@H](CCC(N)=O)C(=O)N[C@@H](CCCCN)C(=O)N1CCC[C@H]1C(=O)N[C@@H](Cc1ccccc1)C(=O)O. The second-order valence-corrected chi connectivity index (χ2v) is 15.5. The van der Waals surface area contributed by atoms with Gasteiger partial charge in [-0.05, 0) is 69.9 Å². The van der Waals surface area contributed by atoms with Gasteiger partial charge in [0.2, 0.25) is 41.4 Å². The van der Waals surface area contributed by atoms with E-state index in [2.05, 4.69) is 36.6 Å². The number of carboxylic acid groups (broad SMARTS) is 1. The van der Waals surface area contributed by atoms with Gasteiger partial charge in [-0.2, -0.15) is 0 Å². The van der Waals surface area contributed by atoms with Gasteiger partial charge in [-0.1, -0.05) is 44.2 Å². The monoisotopic (exact) mass is 839 g/mol. The fraction of sp³-hybridized carbons (Fsp3) is 0.575. The van der Waals surface area contributed by atoms with Crippen LogP contribution in [0.4, 0.5) is 0 Å². The maximum Gasteiger partial charge on any atom is 0.326 e. The fourth-order valence-electron chi connectivity index (χ4n) is 6.79. The van der Waals surface area contributed by atoms with Crippen LogP contribution in [-0.2, 0) is 51.2 Å². The van der Waals surface area contributed by atoms with Gasteiger partial charge in [0.1, 0.15) is 36.3 Å². The summed E-state index contributed by atoms with van der Waals surface area (Å²) >= 11 is 0. The third-order valence-electron chi connectivity index (χ3n) is 10.0. The number of amides is 7. The van der Waals surface area contributed by atoms with E-state index in [4.69, 9.17) is 17.2 Å². The highest BCUT2D eigenvalue weighted by atomic mass is 16.4. The van der Waals surface area contributed by atoms with Crippen molar-refractivity contribution in [3.63, 3.8) is 0 Å². The van der Waals surface area contributed by atoms with E-state index in [9.17, 15) is 43.5 Å². The van der Waals surface area contributed by atoms with Crippen molar-refractivity contribution < 1.29 is 43.5 Å². The van der Waals surface area contributed by atoms with E-state index in [0.717, 1.165) is 0 Å². The van der Waals surface area contributed by atoms with Gasteiger partial charge < -0.3 is 58.8 Å². The number of rotatable bonds is 25. The minimum absolute atomic E-state index is 0.0218. The van der Waals surface area contributed by atoms with Crippen molar-refractivity contribution in [2.75, 3.05) is 13.1 Å². The van der Waals surface area contributed by atoms with E-state index in [-0.39, 0.29) is 51.0 Å². The van der Waals surface area contributed by atoms with Crippen LogP contribution >= 0.6 is 0 Å². The minimum atomic E-state index is -1.42. The number of nitrogens with two attached hydrogens (primary N) is 3. The van der Waals surface area contributed by atoms with Crippen molar-refractivity contribution in [2.24, 2.45) is 23.1 Å². The van der Waals surface area contributed by atoms with Crippen LogP contribution in [0.2, 0.25) is 0 Å². The number of nitrogens with one attached hydrogen (secondary N) is 6. The van der Waals surface area contributed by atoms with Crippen LogP contribution in [0.3, 0.4) is 0 Å². The van der Waals surface area contributed by atoms with E-state index >= 15 is 0 Å². The van der Waals surface area contributed by atoms with Crippen LogP contribution in [-0.4, -0.2) is 123 Å². The highest BCUT2D eigenvalue weighted by Gasteiger charge is 2.40. The Morgan fingerprint density at radius 3 is 2.12 bits per heavy atom. The summed E-state index contributed by atoms with van der Waals surface area (Å²) in [6.07, 6.45) is 4.23. The van der Waals surface area contributed by atoms with Crippen molar-refractivity contribution in [1.29, 1.82) is 0 Å². The number of carbonyl (C=O) groups excluding carboxylic acids is 7. The molecule has 1 aliphatic rings. The Morgan fingerprint density at radius 1 is 0.833 bits per heavy atom. The molecule has 330 valence electrons. The number of hydrogen-bond donors (Lipinski definition) is 10. The van der Waals surface area contributed by atoms with Crippen molar-refractivity contribution in [3.05, 3.63) is 54.1 Å². The first-order chi connectivity index (χ1) is 28.5. The number of carboxylic acids is 1. The normalized spacial score (nSPS) is 16.7. The topological polar surface area (TPSA) is 327 Å². The maximum absolute atomic E-state index is 14.2. The molecule has 3 rings (SSSR count). The van der Waals surface area contributed by atoms with Gasteiger partial charge >= 0.3 is 5.97 Å². The molecule has 1 aliphatic heterocycles. The van der Waals surface area contributed by atoms with Crippen LogP contribution in [0.25, 0.3) is 0 Å². The number of unbranched alkanes of at least 4 members (excludes halogenated alkanes) is 1. The Morgan fingerprint density at radius 2 is 1.50 bits per heavy atom. The van der Waals surface area contributed by atoms with Gasteiger partial charge in [-0.3, -0.25) is 33.6 Å². The first-order valence-corrected chi connectivity index (χ1v) is 20.3. The average molecular weight is 840 g/mol. The zero-order valence-electron chi connectivity index (χ0n) is 34.5. The predicted octanol–water partition coefficient (Wildman–Crippen LogP) is -1.52. The highest BCUT2D eigenvalue weighted by Crippen LogP contribution is 2.21. The van der Waals surface area contributed by atoms with Gasteiger partial charge in [-0.15, -0.1) is 0 Å². The Kier molecular flexibility index (Phi) is 19.6. The van der Waals surface area contributed by atoms with Crippen LogP contribution < -0.4 is 43.8 Å². The van der Waals surface area contributed by atoms with Gasteiger partial charge in [0, 0.05) is 37.7 Å². The summed E-state index contributed by atoms with van der Waals surface area (Å²) in [5.41, 5.74) is 18.3. The zero-order chi connectivity index (χ0) is 44.4. The Hall–Kier alpha value is -5.89. The van der Waals surface area contributed by atoms with E-state index in [1.54, 1.807) is 30.3 Å². The van der Waals surface area contributed by atoms with E-state index < -0.39 is 89.6 Å². The summed E-state index contributed by atoms with van der Waals surface area (Å²) in [5.74, 6) is -6.06. The number of primary amides is 1. The number of nitrogens with zero attached hydrogens (tertiary/aromatic N) is 2. The van der Waals surface area contributed by atoms with E-state index in [1.165, 1.54) is 24.3 Å². The number of aromatic amines is 1. The molecule has 0 unspecified atom stereocenters. The van der Waals surface area contributed by atoms with Gasteiger partial charge in [0.15, 0.2) is 0 Å². The minimum Gasteiger partial charge on any atom is -0.480 e. The molecule has 7 amide bonds. The third-order valence-corrected chi connectivity index (χ3v) is 10.0. The van der Waals surface area contributed by atoms with Crippen molar-refractivity contribution in [3.8, 4) is 0 Å². The molecule has 0 saturated carbocycles. The molecule has 2 heterocycles. The molecule has 0 bridgehead atoms. The number of aromatic nitrogens is 2. The summed E-state index contributed by atoms with van der Waals surface area (Å²) in [6.45, 7) is 5.69.